The van der Waals surface area contributed by atoms with E-state index in [1.165, 1.54) is 30.3 Å². The van der Waals surface area contributed by atoms with Crippen molar-refractivity contribution in [3.05, 3.63) is 65.6 Å². The molecule has 6 nitrogen and oxygen atoms in total. The first-order valence-corrected chi connectivity index (χ1v) is 10.9. The van der Waals surface area contributed by atoms with Crippen molar-refractivity contribution in [3.8, 4) is 0 Å². The smallest absolute Gasteiger partial charge is 0.255 e. The van der Waals surface area contributed by atoms with Gasteiger partial charge in [0, 0.05) is 5.54 Å². The Morgan fingerprint density at radius 1 is 0.885 bits per heavy atom. The minimum absolute atomic E-state index is 0.0142. The van der Waals surface area contributed by atoms with Gasteiger partial charge >= 0.3 is 0 Å². The standard InChI is InChI=1S/C18H22N2O4S2/c1-18(2,3)20-26(23,24)17-11-7-10-16(14-17)19-25(21,22)13-12-15-8-5-4-6-9-15/h4-14,19-20H,1-3H3/b13-12+. The molecule has 0 aliphatic heterocycles. The van der Waals surface area contributed by atoms with Crippen molar-refractivity contribution < 1.29 is 16.8 Å². The van der Waals surface area contributed by atoms with Crippen molar-refractivity contribution in [2.75, 3.05) is 4.72 Å². The van der Waals surface area contributed by atoms with Crippen LogP contribution in [0.3, 0.4) is 0 Å². The van der Waals surface area contributed by atoms with Crippen LogP contribution in [0.2, 0.25) is 0 Å². The molecule has 0 amide bonds. The Kier molecular flexibility index (Phi) is 5.90. The van der Waals surface area contributed by atoms with Crippen LogP contribution in [0.25, 0.3) is 6.08 Å². The maximum absolute atomic E-state index is 12.4. The molecule has 140 valence electrons. The van der Waals surface area contributed by atoms with E-state index < -0.39 is 25.6 Å². The maximum Gasteiger partial charge on any atom is 0.255 e. The molecule has 2 N–H and O–H groups in total. The second-order valence-corrected chi connectivity index (χ2v) is 9.99. The topological polar surface area (TPSA) is 92.3 Å². The molecular weight excluding hydrogens is 372 g/mol. The van der Waals surface area contributed by atoms with Gasteiger partial charge in [0.1, 0.15) is 0 Å². The third-order valence-electron chi connectivity index (χ3n) is 3.08. The molecule has 0 unspecified atom stereocenters. The van der Waals surface area contributed by atoms with Gasteiger partial charge in [-0.25, -0.2) is 21.6 Å². The molecule has 0 atom stereocenters. The zero-order chi connectivity index (χ0) is 19.4. The Bertz CT molecular complexity index is 991. The third-order valence-corrected chi connectivity index (χ3v) is 5.85. The molecule has 0 aromatic heterocycles. The van der Waals surface area contributed by atoms with Crippen molar-refractivity contribution in [3.63, 3.8) is 0 Å². The molecule has 0 fully saturated rings. The van der Waals surface area contributed by atoms with Crippen LogP contribution in [-0.2, 0) is 20.0 Å². The van der Waals surface area contributed by atoms with Crippen molar-refractivity contribution in [1.29, 1.82) is 0 Å². The minimum atomic E-state index is -3.78. The number of rotatable bonds is 6. The molecule has 2 rings (SSSR count). The van der Waals surface area contributed by atoms with Gasteiger partial charge in [-0.15, -0.1) is 0 Å². The Morgan fingerprint density at radius 2 is 1.54 bits per heavy atom. The van der Waals surface area contributed by atoms with Crippen LogP contribution in [0.4, 0.5) is 5.69 Å². The predicted octanol–water partition coefficient (Wildman–Crippen LogP) is 3.18. The molecule has 0 bridgehead atoms. The summed E-state index contributed by atoms with van der Waals surface area (Å²) < 4.78 is 54.0. The minimum Gasteiger partial charge on any atom is -0.280 e. The number of sulfonamides is 2. The van der Waals surface area contributed by atoms with Gasteiger partial charge < -0.3 is 0 Å². The van der Waals surface area contributed by atoms with E-state index in [4.69, 9.17) is 0 Å². The average molecular weight is 395 g/mol. The highest BCUT2D eigenvalue weighted by atomic mass is 32.2. The predicted molar refractivity (Wildman–Crippen MR) is 105 cm³/mol. The summed E-state index contributed by atoms with van der Waals surface area (Å²) in [5.41, 5.74) is 0.260. The molecular formula is C18H22N2O4S2. The summed E-state index contributed by atoms with van der Waals surface area (Å²) in [6, 6.07) is 14.6. The lowest BCUT2D eigenvalue weighted by molar-refractivity contribution is 0.491. The maximum atomic E-state index is 12.4. The lowest BCUT2D eigenvalue weighted by Gasteiger charge is -2.20. The molecule has 0 saturated carbocycles. The van der Waals surface area contributed by atoms with Crippen LogP contribution < -0.4 is 9.44 Å². The van der Waals surface area contributed by atoms with Crippen molar-refractivity contribution in [2.24, 2.45) is 0 Å². The third kappa shape index (κ3) is 6.29. The Balaban J connectivity index is 2.21. The van der Waals surface area contributed by atoms with E-state index in [2.05, 4.69) is 9.44 Å². The quantitative estimate of drug-likeness (QED) is 0.787. The molecule has 0 aliphatic carbocycles. The van der Waals surface area contributed by atoms with Crippen molar-refractivity contribution >= 4 is 31.8 Å². The fourth-order valence-electron chi connectivity index (χ4n) is 2.12. The van der Waals surface area contributed by atoms with Gasteiger partial charge in [-0.1, -0.05) is 36.4 Å². The number of benzene rings is 2. The van der Waals surface area contributed by atoms with E-state index in [9.17, 15) is 16.8 Å². The molecule has 0 radical (unpaired) electrons. The number of anilines is 1. The van der Waals surface area contributed by atoms with E-state index >= 15 is 0 Å². The second-order valence-electron chi connectivity index (χ2n) is 6.74. The summed E-state index contributed by atoms with van der Waals surface area (Å²) >= 11 is 0. The first kappa shape index (κ1) is 20.2. The lowest BCUT2D eigenvalue weighted by Crippen LogP contribution is -2.40. The normalized spacial score (nSPS) is 13.0. The van der Waals surface area contributed by atoms with E-state index in [0.717, 1.165) is 11.0 Å². The fraction of sp³-hybridized carbons (Fsp3) is 0.222. The van der Waals surface area contributed by atoms with Gasteiger partial charge in [-0.3, -0.25) is 4.72 Å². The van der Waals surface area contributed by atoms with Crippen molar-refractivity contribution in [1.82, 2.24) is 4.72 Å². The van der Waals surface area contributed by atoms with Crippen LogP contribution in [0.5, 0.6) is 0 Å². The monoisotopic (exact) mass is 394 g/mol. The summed E-state index contributed by atoms with van der Waals surface area (Å²) in [6.07, 6.45) is 1.46. The van der Waals surface area contributed by atoms with Crippen LogP contribution in [0.15, 0.2) is 64.9 Å². The van der Waals surface area contributed by atoms with E-state index in [1.807, 2.05) is 6.07 Å². The highest BCUT2D eigenvalue weighted by molar-refractivity contribution is 7.95. The van der Waals surface area contributed by atoms with Crippen LogP contribution in [0, 0.1) is 0 Å². The van der Waals surface area contributed by atoms with Crippen LogP contribution in [-0.4, -0.2) is 22.4 Å². The molecule has 2 aromatic carbocycles. The van der Waals surface area contributed by atoms with Gasteiger partial charge in [-0.2, -0.15) is 0 Å². The number of hydrogen-bond acceptors (Lipinski definition) is 4. The van der Waals surface area contributed by atoms with Crippen molar-refractivity contribution in [2.45, 2.75) is 31.2 Å². The van der Waals surface area contributed by atoms with Gasteiger partial charge in [-0.05, 0) is 50.6 Å². The number of nitrogens with one attached hydrogen (secondary N) is 2. The highest BCUT2D eigenvalue weighted by Gasteiger charge is 2.22. The fourth-order valence-corrected chi connectivity index (χ4v) is 4.44. The van der Waals surface area contributed by atoms with Crippen LogP contribution >= 0.6 is 0 Å². The van der Waals surface area contributed by atoms with Gasteiger partial charge in [0.15, 0.2) is 0 Å². The zero-order valence-electron chi connectivity index (χ0n) is 14.8. The molecule has 0 heterocycles. The molecule has 2 aromatic rings. The SMILES string of the molecule is CC(C)(C)NS(=O)(=O)c1cccc(NS(=O)(=O)/C=C/c2ccccc2)c1. The number of hydrogen-bond donors (Lipinski definition) is 2. The van der Waals surface area contributed by atoms with Crippen LogP contribution in [0.1, 0.15) is 26.3 Å². The Labute approximate surface area is 155 Å². The Hall–Kier alpha value is -2.16. The highest BCUT2D eigenvalue weighted by Crippen LogP contribution is 2.19. The lowest BCUT2D eigenvalue weighted by atomic mass is 10.1. The largest absolute Gasteiger partial charge is 0.280 e. The van der Waals surface area contributed by atoms with E-state index in [0.29, 0.717) is 0 Å². The van der Waals surface area contributed by atoms with Gasteiger partial charge in [0.25, 0.3) is 10.0 Å². The van der Waals surface area contributed by atoms with Gasteiger partial charge in [0.2, 0.25) is 10.0 Å². The summed E-state index contributed by atoms with van der Waals surface area (Å²) in [5, 5.41) is 1.04. The first-order chi connectivity index (χ1) is 12.0. The summed E-state index contributed by atoms with van der Waals surface area (Å²) in [6.45, 7) is 5.18. The summed E-state index contributed by atoms with van der Waals surface area (Å²) in [4.78, 5) is -0.0142. The molecule has 0 spiro atoms. The van der Waals surface area contributed by atoms with Gasteiger partial charge in [0.05, 0.1) is 16.0 Å². The molecule has 26 heavy (non-hydrogen) atoms. The van der Waals surface area contributed by atoms with E-state index in [1.54, 1.807) is 45.0 Å². The summed E-state index contributed by atoms with van der Waals surface area (Å²) in [7, 11) is -7.53. The van der Waals surface area contributed by atoms with E-state index in [-0.39, 0.29) is 10.6 Å². The molecule has 0 saturated heterocycles. The second kappa shape index (κ2) is 7.61. The average Bonchev–Trinajstić information content (AvgIpc) is 2.52. The molecule has 0 aliphatic rings. The first-order valence-electron chi connectivity index (χ1n) is 7.87. The Morgan fingerprint density at radius 3 is 2.15 bits per heavy atom. The molecule has 8 heteroatoms. The summed E-state index contributed by atoms with van der Waals surface area (Å²) in [5.74, 6) is 0. The zero-order valence-corrected chi connectivity index (χ0v) is 16.4.